The lowest BCUT2D eigenvalue weighted by atomic mass is 10.5. The third kappa shape index (κ3) is 1.87. The molecule has 0 saturated carbocycles. The highest BCUT2D eigenvalue weighted by Crippen LogP contribution is 2.40. The van der Waals surface area contributed by atoms with Crippen molar-refractivity contribution in [3.8, 4) is 0 Å². The van der Waals surface area contributed by atoms with Crippen LogP contribution in [0.3, 0.4) is 0 Å². The van der Waals surface area contributed by atoms with Crippen LogP contribution in [0.1, 0.15) is 41.5 Å². The number of hydrogen-bond acceptors (Lipinski definition) is 2. The van der Waals surface area contributed by atoms with Crippen molar-refractivity contribution in [1.82, 2.24) is 15.4 Å². The van der Waals surface area contributed by atoms with Gasteiger partial charge < -0.3 is 0 Å². The minimum absolute atomic E-state index is 0.697. The number of rotatable bonds is 4. The highest BCUT2D eigenvalue weighted by Gasteiger charge is 2.46. The highest BCUT2D eigenvalue weighted by atomic mass is 28.3. The molecule has 3 nitrogen and oxygen atoms in total. The van der Waals surface area contributed by atoms with E-state index in [-0.39, 0.29) is 0 Å². The van der Waals surface area contributed by atoms with Crippen molar-refractivity contribution < 1.29 is 0 Å². The zero-order valence-corrected chi connectivity index (χ0v) is 11.7. The van der Waals surface area contributed by atoms with Crippen molar-refractivity contribution in [3.63, 3.8) is 0 Å². The van der Waals surface area contributed by atoms with E-state index in [1.165, 1.54) is 5.32 Å². The molecule has 0 spiro atoms. The molecule has 0 fully saturated rings. The van der Waals surface area contributed by atoms with Gasteiger partial charge in [0.25, 0.3) is 0 Å². The topological polar surface area (TPSA) is 41.6 Å². The minimum atomic E-state index is -1.56. The minimum Gasteiger partial charge on any atom is -0.198 e. The van der Waals surface area contributed by atoms with Gasteiger partial charge >= 0.3 is 0 Å². The second-order valence-corrected chi connectivity index (χ2v) is 11.1. The molecule has 0 aromatic carbocycles. The molecule has 1 aromatic heterocycles. The Morgan fingerprint density at radius 1 is 1.00 bits per heavy atom. The van der Waals surface area contributed by atoms with Gasteiger partial charge in [0, 0.05) is 0 Å². The van der Waals surface area contributed by atoms with Crippen molar-refractivity contribution >= 4 is 13.4 Å². The third-order valence-corrected chi connectivity index (χ3v) is 10.6. The Morgan fingerprint density at radius 2 is 1.47 bits per heavy atom. The van der Waals surface area contributed by atoms with E-state index in [1.807, 2.05) is 6.20 Å². The van der Waals surface area contributed by atoms with Gasteiger partial charge in [0.05, 0.1) is 11.5 Å². The van der Waals surface area contributed by atoms with Crippen LogP contribution < -0.4 is 5.32 Å². The fourth-order valence-corrected chi connectivity index (χ4v) is 9.60. The van der Waals surface area contributed by atoms with E-state index in [4.69, 9.17) is 0 Å². The maximum absolute atomic E-state index is 4.38. The van der Waals surface area contributed by atoms with Crippen molar-refractivity contribution in [2.75, 3.05) is 0 Å². The molecule has 0 aliphatic carbocycles. The Hall–Kier alpha value is -0.643. The normalized spacial score (nSPS) is 13.1. The summed E-state index contributed by atoms with van der Waals surface area (Å²) >= 11 is 0. The van der Waals surface area contributed by atoms with Crippen LogP contribution >= 0.6 is 0 Å². The molecule has 0 atom stereocenters. The summed E-state index contributed by atoms with van der Waals surface area (Å²) in [6, 6.07) is 0. The van der Waals surface area contributed by atoms with Crippen LogP contribution in [0, 0.1) is 0 Å². The maximum atomic E-state index is 4.38. The lowest BCUT2D eigenvalue weighted by Crippen LogP contribution is -2.56. The Balaban J connectivity index is 3.27. The zero-order chi connectivity index (χ0) is 11.6. The monoisotopic (exact) mass is 225 g/mol. The van der Waals surface area contributed by atoms with Gasteiger partial charge in [-0.25, -0.2) is 0 Å². The SMILES string of the molecule is CC(C)[Si](c1cn[nH]n1)(C(C)C)C(C)C. The van der Waals surface area contributed by atoms with Gasteiger partial charge in [0.2, 0.25) is 0 Å². The first-order valence-corrected chi connectivity index (χ1v) is 8.03. The number of nitrogens with zero attached hydrogens (tertiary/aromatic N) is 2. The second kappa shape index (κ2) is 4.47. The van der Waals surface area contributed by atoms with E-state index in [2.05, 4.69) is 57.0 Å². The molecule has 4 heteroatoms. The number of aromatic amines is 1. The predicted molar refractivity (Wildman–Crippen MR) is 67.1 cm³/mol. The van der Waals surface area contributed by atoms with Gasteiger partial charge in [-0.1, -0.05) is 41.5 Å². The number of aromatic nitrogens is 3. The summed E-state index contributed by atoms with van der Waals surface area (Å²) < 4.78 is 0. The Morgan fingerprint density at radius 3 is 1.73 bits per heavy atom. The molecule has 15 heavy (non-hydrogen) atoms. The first-order chi connectivity index (χ1) is 6.94. The molecule has 1 rings (SSSR count). The molecule has 0 bridgehead atoms. The molecular weight excluding hydrogens is 202 g/mol. The lowest BCUT2D eigenvalue weighted by molar-refractivity contribution is 0.828. The summed E-state index contributed by atoms with van der Waals surface area (Å²) in [5.74, 6) is 0. The van der Waals surface area contributed by atoms with E-state index in [0.29, 0.717) is 16.6 Å². The number of nitrogens with one attached hydrogen (secondary N) is 1. The molecule has 1 aromatic rings. The summed E-state index contributed by atoms with van der Waals surface area (Å²) in [4.78, 5) is 0. The predicted octanol–water partition coefficient (Wildman–Crippen LogP) is 2.69. The summed E-state index contributed by atoms with van der Waals surface area (Å²) in [6.45, 7) is 14.0. The van der Waals surface area contributed by atoms with Crippen LogP contribution in [0.5, 0.6) is 0 Å². The molecule has 1 heterocycles. The zero-order valence-electron chi connectivity index (χ0n) is 10.7. The van der Waals surface area contributed by atoms with Crippen LogP contribution in [-0.4, -0.2) is 23.5 Å². The third-order valence-electron chi connectivity index (χ3n) is 3.72. The molecule has 0 aliphatic rings. The smallest absolute Gasteiger partial charge is 0.122 e. The van der Waals surface area contributed by atoms with Crippen molar-refractivity contribution in [2.45, 2.75) is 58.2 Å². The van der Waals surface area contributed by atoms with Crippen molar-refractivity contribution in [3.05, 3.63) is 6.20 Å². The van der Waals surface area contributed by atoms with E-state index in [9.17, 15) is 0 Å². The standard InChI is InChI=1S/C11H23N3Si/c1-8(2)15(9(3)4,10(5)6)11-7-12-14-13-11/h7-10H,1-6H3,(H,12,13,14). The number of H-pyrrole nitrogens is 1. The van der Waals surface area contributed by atoms with Gasteiger partial charge in [-0.05, 0) is 16.6 Å². The summed E-state index contributed by atoms with van der Waals surface area (Å²) in [6.07, 6.45) is 1.94. The van der Waals surface area contributed by atoms with Crippen LogP contribution in [0.25, 0.3) is 0 Å². The van der Waals surface area contributed by atoms with E-state index < -0.39 is 8.07 Å². The van der Waals surface area contributed by atoms with Gasteiger partial charge in [-0.3, -0.25) is 0 Å². The molecule has 86 valence electrons. The van der Waals surface area contributed by atoms with Gasteiger partial charge in [-0.15, -0.1) is 0 Å². The summed E-state index contributed by atoms with van der Waals surface area (Å²) in [7, 11) is -1.56. The summed E-state index contributed by atoms with van der Waals surface area (Å²) in [5, 5.41) is 12.4. The quantitative estimate of drug-likeness (QED) is 0.801. The van der Waals surface area contributed by atoms with E-state index in [0.717, 1.165) is 0 Å². The largest absolute Gasteiger partial charge is 0.198 e. The van der Waals surface area contributed by atoms with Crippen LogP contribution in [0.15, 0.2) is 6.20 Å². The van der Waals surface area contributed by atoms with Crippen molar-refractivity contribution in [2.24, 2.45) is 0 Å². The van der Waals surface area contributed by atoms with E-state index >= 15 is 0 Å². The van der Waals surface area contributed by atoms with Crippen molar-refractivity contribution in [1.29, 1.82) is 0 Å². The number of hydrogen-bond donors (Lipinski definition) is 1. The molecular formula is C11H23N3Si. The van der Waals surface area contributed by atoms with Crippen LogP contribution in [-0.2, 0) is 0 Å². The molecule has 0 aliphatic heterocycles. The fourth-order valence-electron chi connectivity index (χ4n) is 3.30. The Kier molecular flexibility index (Phi) is 3.70. The molecule has 0 amide bonds. The molecule has 0 radical (unpaired) electrons. The molecule has 0 saturated heterocycles. The van der Waals surface area contributed by atoms with Crippen LogP contribution in [0.4, 0.5) is 0 Å². The highest BCUT2D eigenvalue weighted by molar-refractivity contribution is 6.94. The van der Waals surface area contributed by atoms with Gasteiger partial charge in [-0.2, -0.15) is 15.4 Å². The maximum Gasteiger partial charge on any atom is 0.122 e. The Bertz CT molecular complexity index is 269. The van der Waals surface area contributed by atoms with Gasteiger partial charge in [0.15, 0.2) is 0 Å². The average molecular weight is 225 g/mol. The lowest BCUT2D eigenvalue weighted by Gasteiger charge is -2.41. The molecule has 0 unspecified atom stereocenters. The fraction of sp³-hybridized carbons (Fsp3) is 0.818. The Labute approximate surface area is 93.7 Å². The first-order valence-electron chi connectivity index (χ1n) is 5.80. The van der Waals surface area contributed by atoms with Gasteiger partial charge in [0.1, 0.15) is 8.07 Å². The first kappa shape index (κ1) is 12.4. The average Bonchev–Trinajstić information content (AvgIpc) is 2.55. The van der Waals surface area contributed by atoms with Crippen LogP contribution in [0.2, 0.25) is 16.6 Å². The summed E-state index contributed by atoms with van der Waals surface area (Å²) in [5.41, 5.74) is 2.09. The van der Waals surface area contributed by atoms with E-state index in [1.54, 1.807) is 0 Å². The molecule has 1 N–H and O–H groups in total. The second-order valence-electron chi connectivity index (χ2n) is 5.25.